The molecule has 2 N–H and O–H groups in total. The molecule has 5 nitrogen and oxygen atoms in total. The van der Waals surface area contributed by atoms with Crippen LogP contribution in [0.15, 0.2) is 0 Å². The van der Waals surface area contributed by atoms with Crippen LogP contribution in [0.4, 0.5) is 0 Å². The Morgan fingerprint density at radius 3 is 2.88 bits per heavy atom. The standard InChI is InChI=1S/C12H22N2O3/c1-3-4-5-7-13-11(15)9(2)14-10-6-8-17-12(10)16/h9-10,14H,3-8H2,1-2H3,(H,13,15). The minimum Gasteiger partial charge on any atom is -0.464 e. The van der Waals surface area contributed by atoms with Gasteiger partial charge in [-0.15, -0.1) is 0 Å². The fraction of sp³-hybridized carbons (Fsp3) is 0.833. The fourth-order valence-electron chi connectivity index (χ4n) is 1.76. The molecule has 5 heteroatoms. The van der Waals surface area contributed by atoms with E-state index in [0.717, 1.165) is 19.3 Å². The molecule has 0 aromatic heterocycles. The Hall–Kier alpha value is -1.10. The predicted molar refractivity (Wildman–Crippen MR) is 64.5 cm³/mol. The Morgan fingerprint density at radius 2 is 2.29 bits per heavy atom. The van der Waals surface area contributed by atoms with Crippen molar-refractivity contribution >= 4 is 11.9 Å². The third kappa shape index (κ3) is 4.73. The van der Waals surface area contributed by atoms with E-state index in [4.69, 9.17) is 4.74 Å². The summed E-state index contributed by atoms with van der Waals surface area (Å²) in [5, 5.41) is 5.84. The average molecular weight is 242 g/mol. The average Bonchev–Trinajstić information content (AvgIpc) is 2.70. The molecule has 0 saturated carbocycles. The molecule has 1 rings (SSSR count). The molecule has 0 spiro atoms. The molecule has 1 heterocycles. The van der Waals surface area contributed by atoms with E-state index in [-0.39, 0.29) is 24.0 Å². The normalized spacial score (nSPS) is 21.1. The summed E-state index contributed by atoms with van der Waals surface area (Å²) >= 11 is 0. The lowest BCUT2D eigenvalue weighted by Crippen LogP contribution is -2.48. The molecule has 2 atom stereocenters. The predicted octanol–water partition coefficient (Wildman–Crippen LogP) is 0.586. The van der Waals surface area contributed by atoms with Crippen LogP contribution < -0.4 is 10.6 Å². The number of unbranched alkanes of at least 4 members (excludes halogenated alkanes) is 2. The van der Waals surface area contributed by atoms with Crippen LogP contribution in [-0.2, 0) is 14.3 Å². The number of carbonyl (C=O) groups is 2. The Morgan fingerprint density at radius 1 is 1.53 bits per heavy atom. The number of nitrogens with one attached hydrogen (secondary N) is 2. The van der Waals surface area contributed by atoms with Crippen molar-refractivity contribution in [3.63, 3.8) is 0 Å². The highest BCUT2D eigenvalue weighted by molar-refractivity contribution is 5.83. The van der Waals surface area contributed by atoms with Gasteiger partial charge in [-0.05, 0) is 13.3 Å². The molecule has 2 unspecified atom stereocenters. The molecule has 1 aliphatic heterocycles. The highest BCUT2D eigenvalue weighted by Crippen LogP contribution is 2.06. The zero-order chi connectivity index (χ0) is 12.7. The first-order valence-corrected chi connectivity index (χ1v) is 6.35. The Balaban J connectivity index is 2.19. The van der Waals surface area contributed by atoms with Gasteiger partial charge in [0.1, 0.15) is 6.04 Å². The molecular weight excluding hydrogens is 220 g/mol. The van der Waals surface area contributed by atoms with Gasteiger partial charge in [0.2, 0.25) is 5.91 Å². The molecule has 1 amide bonds. The van der Waals surface area contributed by atoms with Crippen molar-refractivity contribution in [2.75, 3.05) is 13.2 Å². The van der Waals surface area contributed by atoms with Crippen molar-refractivity contribution in [1.29, 1.82) is 0 Å². The van der Waals surface area contributed by atoms with E-state index in [1.165, 1.54) is 0 Å². The minimum absolute atomic E-state index is 0.0548. The van der Waals surface area contributed by atoms with Crippen LogP contribution in [0.1, 0.15) is 39.5 Å². The molecule has 98 valence electrons. The zero-order valence-corrected chi connectivity index (χ0v) is 10.6. The quantitative estimate of drug-likeness (QED) is 0.506. The fourth-order valence-corrected chi connectivity index (χ4v) is 1.76. The second kappa shape index (κ2) is 7.27. The molecule has 0 radical (unpaired) electrons. The van der Waals surface area contributed by atoms with Crippen LogP contribution in [-0.4, -0.2) is 37.1 Å². The van der Waals surface area contributed by atoms with Gasteiger partial charge in [-0.3, -0.25) is 14.9 Å². The van der Waals surface area contributed by atoms with Crippen molar-refractivity contribution in [2.45, 2.75) is 51.6 Å². The van der Waals surface area contributed by atoms with Gasteiger partial charge in [-0.2, -0.15) is 0 Å². The Kier molecular flexibility index (Phi) is 5.97. The third-order valence-electron chi connectivity index (χ3n) is 2.86. The molecule has 0 aliphatic carbocycles. The van der Waals surface area contributed by atoms with Crippen LogP contribution >= 0.6 is 0 Å². The van der Waals surface area contributed by atoms with Crippen molar-refractivity contribution in [2.24, 2.45) is 0 Å². The monoisotopic (exact) mass is 242 g/mol. The molecule has 1 aliphatic rings. The summed E-state index contributed by atoms with van der Waals surface area (Å²) in [7, 11) is 0. The van der Waals surface area contributed by atoms with Gasteiger partial charge >= 0.3 is 5.97 Å². The number of ether oxygens (including phenoxy) is 1. The topological polar surface area (TPSA) is 67.4 Å². The summed E-state index contributed by atoms with van der Waals surface area (Å²) in [4.78, 5) is 22.9. The Labute approximate surface area is 102 Å². The number of carbonyl (C=O) groups excluding carboxylic acids is 2. The summed E-state index contributed by atoms with van der Waals surface area (Å²) in [6, 6.07) is -0.682. The summed E-state index contributed by atoms with van der Waals surface area (Å²) in [6.45, 7) is 5.04. The minimum atomic E-state index is -0.354. The molecule has 0 bridgehead atoms. The van der Waals surface area contributed by atoms with Crippen molar-refractivity contribution in [3.8, 4) is 0 Å². The number of esters is 1. The van der Waals surface area contributed by atoms with Crippen LogP contribution in [0.5, 0.6) is 0 Å². The second-order valence-electron chi connectivity index (χ2n) is 4.40. The summed E-state index contributed by atoms with van der Waals surface area (Å²) in [6.07, 6.45) is 3.90. The van der Waals surface area contributed by atoms with Gasteiger partial charge < -0.3 is 10.1 Å². The van der Waals surface area contributed by atoms with E-state index in [1.54, 1.807) is 6.92 Å². The lowest BCUT2D eigenvalue weighted by Gasteiger charge is -2.16. The number of rotatable bonds is 7. The summed E-state index contributed by atoms with van der Waals surface area (Å²) in [5.74, 6) is -0.309. The highest BCUT2D eigenvalue weighted by Gasteiger charge is 2.29. The van der Waals surface area contributed by atoms with E-state index in [0.29, 0.717) is 19.6 Å². The smallest absolute Gasteiger partial charge is 0.323 e. The maximum Gasteiger partial charge on any atom is 0.323 e. The second-order valence-corrected chi connectivity index (χ2v) is 4.40. The van der Waals surface area contributed by atoms with Gasteiger partial charge in [-0.25, -0.2) is 0 Å². The van der Waals surface area contributed by atoms with Crippen LogP contribution in [0.2, 0.25) is 0 Å². The molecule has 17 heavy (non-hydrogen) atoms. The number of amides is 1. The SMILES string of the molecule is CCCCCNC(=O)C(C)NC1CCOC1=O. The van der Waals surface area contributed by atoms with Gasteiger partial charge in [0.25, 0.3) is 0 Å². The Bertz CT molecular complexity index is 268. The van der Waals surface area contributed by atoms with E-state index in [1.807, 2.05) is 0 Å². The highest BCUT2D eigenvalue weighted by atomic mass is 16.5. The van der Waals surface area contributed by atoms with E-state index < -0.39 is 0 Å². The van der Waals surface area contributed by atoms with Crippen LogP contribution in [0.3, 0.4) is 0 Å². The van der Waals surface area contributed by atoms with E-state index >= 15 is 0 Å². The zero-order valence-electron chi connectivity index (χ0n) is 10.6. The van der Waals surface area contributed by atoms with Crippen LogP contribution in [0, 0.1) is 0 Å². The maximum absolute atomic E-state index is 11.7. The number of hydrogen-bond acceptors (Lipinski definition) is 4. The molecule has 0 aromatic rings. The van der Waals surface area contributed by atoms with Crippen molar-refractivity contribution < 1.29 is 14.3 Å². The van der Waals surface area contributed by atoms with Gasteiger partial charge in [0.05, 0.1) is 12.6 Å². The largest absolute Gasteiger partial charge is 0.464 e. The van der Waals surface area contributed by atoms with Gasteiger partial charge in [0.15, 0.2) is 0 Å². The first-order valence-electron chi connectivity index (χ1n) is 6.35. The summed E-state index contributed by atoms with van der Waals surface area (Å²) < 4.78 is 4.83. The van der Waals surface area contributed by atoms with E-state index in [2.05, 4.69) is 17.6 Å². The van der Waals surface area contributed by atoms with E-state index in [9.17, 15) is 9.59 Å². The molecular formula is C12H22N2O3. The number of hydrogen-bond donors (Lipinski definition) is 2. The van der Waals surface area contributed by atoms with Gasteiger partial charge in [0, 0.05) is 13.0 Å². The van der Waals surface area contributed by atoms with Gasteiger partial charge in [-0.1, -0.05) is 19.8 Å². The first-order chi connectivity index (χ1) is 8.15. The third-order valence-corrected chi connectivity index (χ3v) is 2.86. The first kappa shape index (κ1) is 14.0. The molecule has 1 saturated heterocycles. The lowest BCUT2D eigenvalue weighted by molar-refractivity contribution is -0.139. The van der Waals surface area contributed by atoms with Crippen LogP contribution in [0.25, 0.3) is 0 Å². The maximum atomic E-state index is 11.7. The number of cyclic esters (lactones) is 1. The summed E-state index contributed by atoms with van der Waals surface area (Å²) in [5.41, 5.74) is 0. The molecule has 0 aromatic carbocycles. The lowest BCUT2D eigenvalue weighted by atomic mass is 10.2. The van der Waals surface area contributed by atoms with Crippen molar-refractivity contribution in [3.05, 3.63) is 0 Å². The van der Waals surface area contributed by atoms with Crippen molar-refractivity contribution in [1.82, 2.24) is 10.6 Å². The molecule has 1 fully saturated rings.